The van der Waals surface area contributed by atoms with Crippen molar-refractivity contribution >= 4 is 5.97 Å². The lowest BCUT2D eigenvalue weighted by Gasteiger charge is -2.23. The zero-order valence-corrected chi connectivity index (χ0v) is 8.97. The largest absolute Gasteiger partial charge is 0.478 e. The van der Waals surface area contributed by atoms with Crippen molar-refractivity contribution in [1.29, 1.82) is 0 Å². The molecule has 76 valence electrons. The zero-order chi connectivity index (χ0) is 10.6. The Kier molecular flexibility index (Phi) is 4.14. The standard InChI is InChI=1S/C10H18O3/c1-7(8(2)9(11)12)6-10(3,4)13-5/h6H2,1-5H3,(H,11,12). The van der Waals surface area contributed by atoms with E-state index in [0.717, 1.165) is 5.57 Å². The maximum absolute atomic E-state index is 10.6. The number of aliphatic carboxylic acids is 1. The van der Waals surface area contributed by atoms with Crippen LogP contribution in [0.2, 0.25) is 0 Å². The monoisotopic (exact) mass is 186 g/mol. The Hall–Kier alpha value is -0.830. The molecule has 0 amide bonds. The number of carboxylic acids is 1. The summed E-state index contributed by atoms with van der Waals surface area (Å²) < 4.78 is 5.21. The molecule has 0 spiro atoms. The topological polar surface area (TPSA) is 46.5 Å². The van der Waals surface area contributed by atoms with Crippen LogP contribution in [0.15, 0.2) is 11.1 Å². The van der Waals surface area contributed by atoms with Crippen molar-refractivity contribution in [2.24, 2.45) is 0 Å². The smallest absolute Gasteiger partial charge is 0.331 e. The number of hydrogen-bond acceptors (Lipinski definition) is 2. The van der Waals surface area contributed by atoms with Crippen LogP contribution >= 0.6 is 0 Å². The fourth-order valence-electron chi connectivity index (χ4n) is 1.03. The van der Waals surface area contributed by atoms with Crippen LogP contribution in [-0.2, 0) is 9.53 Å². The highest BCUT2D eigenvalue weighted by atomic mass is 16.5. The van der Waals surface area contributed by atoms with Crippen molar-refractivity contribution in [3.8, 4) is 0 Å². The van der Waals surface area contributed by atoms with Crippen LogP contribution in [0.3, 0.4) is 0 Å². The Morgan fingerprint density at radius 2 is 1.85 bits per heavy atom. The highest BCUT2D eigenvalue weighted by Gasteiger charge is 2.18. The van der Waals surface area contributed by atoms with Gasteiger partial charge in [0.25, 0.3) is 0 Å². The summed E-state index contributed by atoms with van der Waals surface area (Å²) in [6, 6.07) is 0. The number of ether oxygens (including phenoxy) is 1. The predicted octanol–water partition coefficient (Wildman–Crippen LogP) is 2.22. The van der Waals surface area contributed by atoms with Crippen molar-refractivity contribution in [2.75, 3.05) is 7.11 Å². The van der Waals surface area contributed by atoms with Crippen molar-refractivity contribution in [1.82, 2.24) is 0 Å². The number of carboxylic acid groups (broad SMARTS) is 1. The van der Waals surface area contributed by atoms with E-state index in [4.69, 9.17) is 9.84 Å². The molecule has 3 heteroatoms. The van der Waals surface area contributed by atoms with Gasteiger partial charge in [-0.2, -0.15) is 0 Å². The Balaban J connectivity index is 4.54. The van der Waals surface area contributed by atoms with E-state index in [1.54, 1.807) is 14.0 Å². The average molecular weight is 186 g/mol. The van der Waals surface area contributed by atoms with E-state index >= 15 is 0 Å². The van der Waals surface area contributed by atoms with Crippen LogP contribution in [0.4, 0.5) is 0 Å². The summed E-state index contributed by atoms with van der Waals surface area (Å²) in [5, 5.41) is 8.72. The van der Waals surface area contributed by atoms with Gasteiger partial charge in [0.15, 0.2) is 0 Å². The van der Waals surface area contributed by atoms with Crippen molar-refractivity contribution < 1.29 is 14.6 Å². The molecule has 0 aliphatic carbocycles. The molecule has 0 saturated carbocycles. The molecule has 3 nitrogen and oxygen atoms in total. The molecule has 0 radical (unpaired) electrons. The minimum Gasteiger partial charge on any atom is -0.478 e. The second-order valence-corrected chi connectivity index (χ2v) is 3.85. The van der Waals surface area contributed by atoms with Crippen LogP contribution in [-0.4, -0.2) is 23.8 Å². The van der Waals surface area contributed by atoms with Gasteiger partial charge < -0.3 is 9.84 Å². The van der Waals surface area contributed by atoms with Gasteiger partial charge in [-0.25, -0.2) is 4.79 Å². The number of methoxy groups -OCH3 is 1. The summed E-state index contributed by atoms with van der Waals surface area (Å²) in [5.41, 5.74) is 0.977. The van der Waals surface area contributed by atoms with Crippen LogP contribution < -0.4 is 0 Å². The Labute approximate surface area is 79.4 Å². The SMILES string of the molecule is COC(C)(C)CC(C)=C(C)C(=O)O. The summed E-state index contributed by atoms with van der Waals surface area (Å²) in [6.45, 7) is 7.31. The van der Waals surface area contributed by atoms with Gasteiger partial charge in [0.1, 0.15) is 0 Å². The van der Waals surface area contributed by atoms with Crippen molar-refractivity contribution in [2.45, 2.75) is 39.7 Å². The van der Waals surface area contributed by atoms with Gasteiger partial charge >= 0.3 is 5.97 Å². The summed E-state index contributed by atoms with van der Waals surface area (Å²) in [4.78, 5) is 10.6. The summed E-state index contributed by atoms with van der Waals surface area (Å²) >= 11 is 0. The molecule has 0 aliphatic heterocycles. The first-order valence-electron chi connectivity index (χ1n) is 4.25. The highest BCUT2D eigenvalue weighted by Crippen LogP contribution is 2.21. The predicted molar refractivity (Wildman–Crippen MR) is 51.7 cm³/mol. The fraction of sp³-hybridized carbons (Fsp3) is 0.700. The molecule has 0 heterocycles. The highest BCUT2D eigenvalue weighted by molar-refractivity contribution is 5.86. The molecule has 0 aromatic heterocycles. The van der Waals surface area contributed by atoms with Gasteiger partial charge in [-0.3, -0.25) is 0 Å². The average Bonchev–Trinajstić information content (AvgIpc) is 2.02. The molecule has 0 fully saturated rings. The molecular weight excluding hydrogens is 168 g/mol. The van der Waals surface area contributed by atoms with Gasteiger partial charge in [0, 0.05) is 12.7 Å². The second kappa shape index (κ2) is 4.42. The van der Waals surface area contributed by atoms with E-state index in [1.807, 2.05) is 20.8 Å². The molecule has 0 aromatic rings. The van der Waals surface area contributed by atoms with Crippen LogP contribution in [0, 0.1) is 0 Å². The maximum atomic E-state index is 10.6. The van der Waals surface area contributed by atoms with Crippen LogP contribution in [0.5, 0.6) is 0 Å². The van der Waals surface area contributed by atoms with E-state index < -0.39 is 5.97 Å². The molecular formula is C10H18O3. The first-order valence-corrected chi connectivity index (χ1v) is 4.25. The van der Waals surface area contributed by atoms with E-state index in [0.29, 0.717) is 12.0 Å². The minimum absolute atomic E-state index is 0.291. The number of carbonyl (C=O) groups is 1. The Morgan fingerprint density at radius 3 is 2.15 bits per heavy atom. The van der Waals surface area contributed by atoms with Crippen LogP contribution in [0.25, 0.3) is 0 Å². The molecule has 0 atom stereocenters. The zero-order valence-electron chi connectivity index (χ0n) is 8.97. The molecule has 1 N–H and O–H groups in total. The third kappa shape index (κ3) is 4.08. The third-order valence-electron chi connectivity index (χ3n) is 2.20. The normalized spacial score (nSPS) is 13.9. The number of rotatable bonds is 4. The van der Waals surface area contributed by atoms with Gasteiger partial charge in [0.2, 0.25) is 0 Å². The first kappa shape index (κ1) is 12.2. The van der Waals surface area contributed by atoms with E-state index in [9.17, 15) is 4.79 Å². The lowest BCUT2D eigenvalue weighted by Crippen LogP contribution is -2.23. The van der Waals surface area contributed by atoms with Crippen molar-refractivity contribution in [3.05, 3.63) is 11.1 Å². The van der Waals surface area contributed by atoms with Gasteiger partial charge in [-0.1, -0.05) is 5.57 Å². The van der Waals surface area contributed by atoms with Gasteiger partial charge in [-0.05, 0) is 34.1 Å². The molecule has 0 bridgehead atoms. The lowest BCUT2D eigenvalue weighted by molar-refractivity contribution is -0.132. The molecule has 13 heavy (non-hydrogen) atoms. The minimum atomic E-state index is -0.857. The molecule has 0 rings (SSSR count). The summed E-state index contributed by atoms with van der Waals surface area (Å²) in [5.74, 6) is -0.857. The molecule has 0 aliphatic rings. The maximum Gasteiger partial charge on any atom is 0.331 e. The molecule has 0 unspecified atom stereocenters. The van der Waals surface area contributed by atoms with E-state index in [2.05, 4.69) is 0 Å². The van der Waals surface area contributed by atoms with Gasteiger partial charge in [0.05, 0.1) is 5.60 Å². The van der Waals surface area contributed by atoms with Gasteiger partial charge in [-0.15, -0.1) is 0 Å². The Morgan fingerprint density at radius 1 is 1.38 bits per heavy atom. The second-order valence-electron chi connectivity index (χ2n) is 3.85. The van der Waals surface area contributed by atoms with E-state index in [-0.39, 0.29) is 5.60 Å². The molecule has 0 saturated heterocycles. The lowest BCUT2D eigenvalue weighted by atomic mass is 9.96. The quantitative estimate of drug-likeness (QED) is 0.685. The van der Waals surface area contributed by atoms with E-state index in [1.165, 1.54) is 0 Å². The number of hydrogen-bond donors (Lipinski definition) is 1. The fourth-order valence-corrected chi connectivity index (χ4v) is 1.03. The van der Waals surface area contributed by atoms with Crippen LogP contribution in [0.1, 0.15) is 34.1 Å². The summed E-state index contributed by atoms with van der Waals surface area (Å²) in [6.07, 6.45) is 0.641. The third-order valence-corrected chi connectivity index (χ3v) is 2.20. The summed E-state index contributed by atoms with van der Waals surface area (Å²) in [7, 11) is 1.63. The molecule has 0 aromatic carbocycles. The van der Waals surface area contributed by atoms with Crippen molar-refractivity contribution in [3.63, 3.8) is 0 Å². The Bertz CT molecular complexity index is 226. The first-order chi connectivity index (χ1) is 5.80.